The van der Waals surface area contributed by atoms with Crippen molar-refractivity contribution in [1.82, 2.24) is 0 Å². The summed E-state index contributed by atoms with van der Waals surface area (Å²) in [5.74, 6) is -1.31. The van der Waals surface area contributed by atoms with Gasteiger partial charge in [-0.3, -0.25) is 0 Å². The van der Waals surface area contributed by atoms with Crippen molar-refractivity contribution in [2.24, 2.45) is 5.73 Å². The highest BCUT2D eigenvalue weighted by Crippen LogP contribution is 2.21. The minimum Gasteiger partial charge on any atom is -0.328 e. The zero-order chi connectivity index (χ0) is 10.0. The number of benzene rings is 1. The maximum atomic E-state index is 13.2. The second-order valence-electron chi connectivity index (χ2n) is 3.00. The van der Waals surface area contributed by atoms with Gasteiger partial charge in [0.1, 0.15) is 11.6 Å². The largest absolute Gasteiger partial charge is 0.328 e. The predicted octanol–water partition coefficient (Wildman–Crippen LogP) is 2.51. The lowest BCUT2D eigenvalue weighted by atomic mass is 10.1. The molecule has 2 N–H and O–H groups in total. The maximum Gasteiger partial charge on any atom is 0.147 e. The van der Waals surface area contributed by atoms with Crippen molar-refractivity contribution < 1.29 is 8.78 Å². The second-order valence-corrected chi connectivity index (χ2v) is 3.41. The van der Waals surface area contributed by atoms with Gasteiger partial charge in [-0.1, -0.05) is 11.6 Å². The van der Waals surface area contributed by atoms with E-state index in [9.17, 15) is 8.78 Å². The molecule has 0 amide bonds. The van der Waals surface area contributed by atoms with Crippen LogP contribution in [0.2, 0.25) is 5.02 Å². The summed E-state index contributed by atoms with van der Waals surface area (Å²) in [6.07, 6.45) is 0.151. The topological polar surface area (TPSA) is 26.0 Å². The molecular weight excluding hydrogens is 196 g/mol. The Balaban J connectivity index is 3.10. The van der Waals surface area contributed by atoms with Crippen molar-refractivity contribution in [3.8, 4) is 0 Å². The number of halogens is 3. The average molecular weight is 206 g/mol. The van der Waals surface area contributed by atoms with Crippen molar-refractivity contribution >= 4 is 11.6 Å². The molecule has 13 heavy (non-hydrogen) atoms. The van der Waals surface area contributed by atoms with Crippen LogP contribution in [0.25, 0.3) is 0 Å². The Morgan fingerprint density at radius 1 is 1.46 bits per heavy atom. The van der Waals surface area contributed by atoms with Crippen LogP contribution in [0.4, 0.5) is 8.78 Å². The molecule has 1 aromatic carbocycles. The van der Waals surface area contributed by atoms with Gasteiger partial charge in [0, 0.05) is 11.6 Å². The molecular formula is C9H10ClF2N. The van der Waals surface area contributed by atoms with E-state index in [0.717, 1.165) is 6.07 Å². The Bertz CT molecular complexity index is 313. The molecule has 0 fully saturated rings. The molecule has 0 radical (unpaired) electrons. The summed E-state index contributed by atoms with van der Waals surface area (Å²) in [7, 11) is 0. The molecule has 0 aliphatic heterocycles. The fraction of sp³-hybridized carbons (Fsp3) is 0.333. The van der Waals surface area contributed by atoms with Gasteiger partial charge in [-0.15, -0.1) is 0 Å². The summed E-state index contributed by atoms with van der Waals surface area (Å²) in [5, 5.41) is -0.0722. The Morgan fingerprint density at radius 2 is 2.08 bits per heavy atom. The van der Waals surface area contributed by atoms with Crippen molar-refractivity contribution in [3.05, 3.63) is 34.4 Å². The standard InChI is InChI=1S/C9H10ClF2N/c1-5(13)4-6-8(11)3-2-7(10)9(6)12/h2-3,5H,4,13H2,1H3. The van der Waals surface area contributed by atoms with Crippen molar-refractivity contribution in [1.29, 1.82) is 0 Å². The van der Waals surface area contributed by atoms with Crippen LogP contribution in [-0.4, -0.2) is 6.04 Å². The van der Waals surface area contributed by atoms with E-state index in [-0.39, 0.29) is 23.0 Å². The minimum absolute atomic E-state index is 0.0394. The molecule has 4 heteroatoms. The summed E-state index contributed by atoms with van der Waals surface area (Å²) in [4.78, 5) is 0. The van der Waals surface area contributed by atoms with Crippen LogP contribution >= 0.6 is 11.6 Å². The monoisotopic (exact) mass is 205 g/mol. The minimum atomic E-state index is -0.709. The molecule has 0 bridgehead atoms. The van der Waals surface area contributed by atoms with Crippen LogP contribution in [0, 0.1) is 11.6 Å². The van der Waals surface area contributed by atoms with E-state index in [4.69, 9.17) is 17.3 Å². The lowest BCUT2D eigenvalue weighted by molar-refractivity contribution is 0.542. The zero-order valence-corrected chi connectivity index (χ0v) is 7.91. The van der Waals surface area contributed by atoms with Crippen LogP contribution < -0.4 is 5.73 Å². The average Bonchev–Trinajstić information content (AvgIpc) is 2.05. The summed E-state index contributed by atoms with van der Waals surface area (Å²) in [6, 6.07) is 2.04. The highest BCUT2D eigenvalue weighted by Gasteiger charge is 2.13. The van der Waals surface area contributed by atoms with Crippen molar-refractivity contribution in [3.63, 3.8) is 0 Å². The third-order valence-corrected chi connectivity index (χ3v) is 1.96. The Morgan fingerprint density at radius 3 is 2.62 bits per heavy atom. The smallest absolute Gasteiger partial charge is 0.147 e. The van der Waals surface area contributed by atoms with Gasteiger partial charge in [0.25, 0.3) is 0 Å². The lowest BCUT2D eigenvalue weighted by Crippen LogP contribution is -2.19. The second kappa shape index (κ2) is 4.03. The first kappa shape index (κ1) is 10.4. The van der Waals surface area contributed by atoms with E-state index < -0.39 is 11.6 Å². The number of nitrogens with two attached hydrogens (primary N) is 1. The molecule has 1 atom stereocenters. The maximum absolute atomic E-state index is 13.2. The molecule has 0 heterocycles. The molecule has 1 rings (SSSR count). The van der Waals surface area contributed by atoms with Crippen LogP contribution in [0.5, 0.6) is 0 Å². The van der Waals surface area contributed by atoms with Gasteiger partial charge in [0.2, 0.25) is 0 Å². The predicted molar refractivity (Wildman–Crippen MR) is 48.7 cm³/mol. The third-order valence-electron chi connectivity index (χ3n) is 1.67. The van der Waals surface area contributed by atoms with E-state index in [1.54, 1.807) is 6.92 Å². The highest BCUT2D eigenvalue weighted by molar-refractivity contribution is 6.30. The molecule has 0 saturated heterocycles. The number of hydrogen-bond acceptors (Lipinski definition) is 1. The Hall–Kier alpha value is -0.670. The lowest BCUT2D eigenvalue weighted by Gasteiger charge is -2.08. The van der Waals surface area contributed by atoms with E-state index in [1.165, 1.54) is 6.07 Å². The van der Waals surface area contributed by atoms with Crippen molar-refractivity contribution in [2.45, 2.75) is 19.4 Å². The fourth-order valence-electron chi connectivity index (χ4n) is 1.08. The van der Waals surface area contributed by atoms with Crippen LogP contribution in [0.3, 0.4) is 0 Å². The molecule has 0 spiro atoms. The molecule has 1 unspecified atom stereocenters. The molecule has 72 valence electrons. The summed E-state index contributed by atoms with van der Waals surface area (Å²) >= 11 is 5.49. The van der Waals surface area contributed by atoms with E-state index >= 15 is 0 Å². The van der Waals surface area contributed by atoms with Gasteiger partial charge in [-0.05, 0) is 25.5 Å². The van der Waals surface area contributed by atoms with E-state index in [0.29, 0.717) is 0 Å². The fourth-order valence-corrected chi connectivity index (χ4v) is 1.26. The molecule has 0 aromatic heterocycles. The van der Waals surface area contributed by atoms with Gasteiger partial charge >= 0.3 is 0 Å². The molecule has 0 aliphatic rings. The molecule has 0 aliphatic carbocycles. The zero-order valence-electron chi connectivity index (χ0n) is 7.15. The van der Waals surface area contributed by atoms with Gasteiger partial charge in [0.05, 0.1) is 5.02 Å². The first-order valence-corrected chi connectivity index (χ1v) is 4.28. The first-order chi connectivity index (χ1) is 6.02. The third kappa shape index (κ3) is 2.39. The van der Waals surface area contributed by atoms with Gasteiger partial charge in [-0.2, -0.15) is 0 Å². The SMILES string of the molecule is CC(N)Cc1c(F)ccc(Cl)c1F. The first-order valence-electron chi connectivity index (χ1n) is 3.90. The van der Waals surface area contributed by atoms with Gasteiger partial charge < -0.3 is 5.73 Å². The van der Waals surface area contributed by atoms with Crippen LogP contribution in [0.15, 0.2) is 12.1 Å². The normalized spacial score (nSPS) is 13.0. The highest BCUT2D eigenvalue weighted by atomic mass is 35.5. The van der Waals surface area contributed by atoms with E-state index in [2.05, 4.69) is 0 Å². The molecule has 1 nitrogen and oxygen atoms in total. The molecule has 0 saturated carbocycles. The van der Waals surface area contributed by atoms with Crippen molar-refractivity contribution in [2.75, 3.05) is 0 Å². The van der Waals surface area contributed by atoms with Crippen LogP contribution in [-0.2, 0) is 6.42 Å². The number of rotatable bonds is 2. The Kier molecular flexibility index (Phi) is 3.22. The van der Waals surface area contributed by atoms with E-state index in [1.807, 2.05) is 0 Å². The van der Waals surface area contributed by atoms with Gasteiger partial charge in [0.15, 0.2) is 0 Å². The quantitative estimate of drug-likeness (QED) is 0.738. The summed E-state index contributed by atoms with van der Waals surface area (Å²) < 4.78 is 26.2. The number of hydrogen-bond donors (Lipinski definition) is 1. The summed E-state index contributed by atoms with van der Waals surface area (Å²) in [5.41, 5.74) is 5.40. The molecule has 1 aromatic rings. The summed E-state index contributed by atoms with van der Waals surface area (Å²) in [6.45, 7) is 1.68. The van der Waals surface area contributed by atoms with Gasteiger partial charge in [-0.25, -0.2) is 8.78 Å². The Labute approximate surface area is 80.5 Å². The van der Waals surface area contributed by atoms with Crippen LogP contribution in [0.1, 0.15) is 12.5 Å².